The molecular formula is C21H23N3O3S. The molecular weight excluding hydrogens is 374 g/mol. The van der Waals surface area contributed by atoms with Crippen LogP contribution in [0, 0.1) is 5.92 Å². The van der Waals surface area contributed by atoms with Gasteiger partial charge in [-0.3, -0.25) is 9.36 Å². The fourth-order valence-corrected chi connectivity index (χ4v) is 4.24. The van der Waals surface area contributed by atoms with E-state index in [0.29, 0.717) is 29.8 Å². The van der Waals surface area contributed by atoms with E-state index < -0.39 is 5.97 Å². The molecule has 0 spiro atoms. The maximum absolute atomic E-state index is 12.3. The molecule has 3 aromatic rings. The van der Waals surface area contributed by atoms with Gasteiger partial charge in [-0.05, 0) is 54.5 Å². The van der Waals surface area contributed by atoms with E-state index >= 15 is 0 Å². The smallest absolute Gasteiger partial charge is 0.341 e. The molecule has 0 unspecified atom stereocenters. The van der Waals surface area contributed by atoms with Crippen molar-refractivity contribution in [3.05, 3.63) is 51.3 Å². The maximum Gasteiger partial charge on any atom is 0.341 e. The number of thiazole rings is 1. The minimum absolute atomic E-state index is 0.0445. The van der Waals surface area contributed by atoms with E-state index in [0.717, 1.165) is 34.3 Å². The molecule has 0 atom stereocenters. The van der Waals surface area contributed by atoms with Gasteiger partial charge in [-0.25, -0.2) is 9.78 Å². The highest BCUT2D eigenvalue weighted by Gasteiger charge is 2.26. The number of rotatable bonds is 6. The van der Waals surface area contributed by atoms with Gasteiger partial charge in [0.05, 0.1) is 17.3 Å². The molecule has 0 saturated heterocycles. The first-order valence-corrected chi connectivity index (χ1v) is 10.3. The van der Waals surface area contributed by atoms with Crippen molar-refractivity contribution in [3.8, 4) is 0 Å². The van der Waals surface area contributed by atoms with Crippen LogP contribution in [0.4, 0.5) is 11.5 Å². The first-order chi connectivity index (χ1) is 13.5. The number of hydrogen-bond acceptors (Lipinski definition) is 6. The number of hydrogen-bond donors (Lipinski definition) is 1. The number of anilines is 2. The average Bonchev–Trinajstić information content (AvgIpc) is 3.47. The molecule has 7 heteroatoms. The normalized spacial score (nSPS) is 13.9. The molecule has 1 aliphatic rings. The maximum atomic E-state index is 12.3. The Bertz CT molecular complexity index is 1100. The molecule has 1 N–H and O–H groups in total. The van der Waals surface area contributed by atoms with Gasteiger partial charge in [0.25, 0.3) is 0 Å². The number of methoxy groups -OCH3 is 1. The highest BCUT2D eigenvalue weighted by Crippen LogP contribution is 2.40. The Labute approximate surface area is 167 Å². The second-order valence-electron chi connectivity index (χ2n) is 7.61. The number of nitrogens with one attached hydrogen (secondary N) is 1. The molecule has 1 saturated carbocycles. The van der Waals surface area contributed by atoms with Gasteiger partial charge in [0, 0.05) is 18.4 Å². The van der Waals surface area contributed by atoms with Gasteiger partial charge in [0.1, 0.15) is 11.4 Å². The summed E-state index contributed by atoms with van der Waals surface area (Å²) in [4.78, 5) is 29.1. The molecule has 1 aliphatic carbocycles. The van der Waals surface area contributed by atoms with Crippen molar-refractivity contribution in [2.75, 3.05) is 12.4 Å². The Hall–Kier alpha value is -2.67. The molecule has 6 nitrogen and oxygen atoms in total. The third-order valence-corrected chi connectivity index (χ3v) is 5.78. The van der Waals surface area contributed by atoms with E-state index in [9.17, 15) is 9.59 Å². The first kappa shape index (κ1) is 18.7. The highest BCUT2D eigenvalue weighted by atomic mass is 32.1. The van der Waals surface area contributed by atoms with Crippen LogP contribution >= 0.6 is 11.3 Å². The lowest BCUT2D eigenvalue weighted by molar-refractivity contribution is 0.0601. The summed E-state index contributed by atoms with van der Waals surface area (Å²) in [7, 11) is 1.37. The number of esters is 1. The van der Waals surface area contributed by atoms with Crippen LogP contribution in [-0.2, 0) is 11.3 Å². The molecule has 1 fully saturated rings. The fourth-order valence-electron chi connectivity index (χ4n) is 3.30. The standard InChI is InChI=1S/C21H23N3O3S/c1-12(2)11-24-17-7-6-15(9-18(17)28-21(24)26)23-19-16(20(25)27-3)8-14(10-22-19)13-4-5-13/h6-10,12-13H,4-5,11H2,1-3H3,(H,22,23). The Kier molecular flexibility index (Phi) is 4.93. The SMILES string of the molecule is COC(=O)c1cc(C2CC2)cnc1Nc1ccc2c(c1)sc(=O)n2CC(C)C. The van der Waals surface area contributed by atoms with Crippen LogP contribution in [0.5, 0.6) is 0 Å². The van der Waals surface area contributed by atoms with Crippen molar-refractivity contribution >= 4 is 39.0 Å². The number of pyridine rings is 1. The monoisotopic (exact) mass is 397 g/mol. The largest absolute Gasteiger partial charge is 0.465 e. The van der Waals surface area contributed by atoms with Gasteiger partial charge in [0.15, 0.2) is 0 Å². The van der Waals surface area contributed by atoms with Crippen LogP contribution < -0.4 is 10.2 Å². The van der Waals surface area contributed by atoms with E-state index in [4.69, 9.17) is 4.74 Å². The van der Waals surface area contributed by atoms with Gasteiger partial charge >= 0.3 is 10.8 Å². The molecule has 2 heterocycles. The second kappa shape index (κ2) is 7.39. The zero-order valence-electron chi connectivity index (χ0n) is 16.2. The van der Waals surface area contributed by atoms with E-state index in [-0.39, 0.29) is 4.87 Å². The summed E-state index contributed by atoms with van der Waals surface area (Å²) in [5.74, 6) is 0.945. The number of carbonyl (C=O) groups excluding carboxylic acids is 1. The summed E-state index contributed by atoms with van der Waals surface area (Å²) in [6, 6.07) is 7.64. The molecule has 1 aromatic carbocycles. The molecule has 0 radical (unpaired) electrons. The summed E-state index contributed by atoms with van der Waals surface area (Å²) in [6.07, 6.45) is 4.10. The van der Waals surface area contributed by atoms with Crippen molar-refractivity contribution < 1.29 is 9.53 Å². The molecule has 146 valence electrons. The van der Waals surface area contributed by atoms with Gasteiger partial charge in [-0.1, -0.05) is 25.2 Å². The van der Waals surface area contributed by atoms with Crippen LogP contribution in [0.2, 0.25) is 0 Å². The first-order valence-electron chi connectivity index (χ1n) is 9.45. The molecule has 0 aliphatic heterocycles. The Morgan fingerprint density at radius 1 is 1.36 bits per heavy atom. The third-order valence-electron chi connectivity index (χ3n) is 4.84. The lowest BCUT2D eigenvalue weighted by Gasteiger charge is -2.12. The van der Waals surface area contributed by atoms with Crippen LogP contribution in [0.15, 0.2) is 35.3 Å². The third kappa shape index (κ3) is 3.67. The average molecular weight is 398 g/mol. The highest BCUT2D eigenvalue weighted by molar-refractivity contribution is 7.16. The van der Waals surface area contributed by atoms with Gasteiger partial charge < -0.3 is 10.1 Å². The van der Waals surface area contributed by atoms with Crippen molar-refractivity contribution in [1.82, 2.24) is 9.55 Å². The lowest BCUT2D eigenvalue weighted by atomic mass is 10.1. The number of benzene rings is 1. The quantitative estimate of drug-likeness (QED) is 0.619. The summed E-state index contributed by atoms with van der Waals surface area (Å²) >= 11 is 1.23. The number of fused-ring (bicyclic) bond motifs is 1. The molecule has 0 bridgehead atoms. The van der Waals surface area contributed by atoms with Gasteiger partial charge in [-0.15, -0.1) is 0 Å². The minimum Gasteiger partial charge on any atom is -0.465 e. The predicted molar refractivity (Wildman–Crippen MR) is 112 cm³/mol. The number of ether oxygens (including phenoxy) is 1. The summed E-state index contributed by atoms with van der Waals surface area (Å²) in [6.45, 7) is 4.89. The predicted octanol–water partition coefficient (Wildman–Crippen LogP) is 4.52. The molecule has 2 aromatic heterocycles. The summed E-state index contributed by atoms with van der Waals surface area (Å²) in [5.41, 5.74) is 3.21. The zero-order chi connectivity index (χ0) is 19.8. The van der Waals surface area contributed by atoms with E-state index in [2.05, 4.69) is 24.1 Å². The van der Waals surface area contributed by atoms with Gasteiger partial charge in [0.2, 0.25) is 0 Å². The molecule has 0 amide bonds. The van der Waals surface area contributed by atoms with Crippen LogP contribution in [0.25, 0.3) is 10.2 Å². The Morgan fingerprint density at radius 2 is 2.14 bits per heavy atom. The van der Waals surface area contributed by atoms with Gasteiger partial charge in [-0.2, -0.15) is 0 Å². The van der Waals surface area contributed by atoms with Crippen molar-refractivity contribution in [1.29, 1.82) is 0 Å². The van der Waals surface area contributed by atoms with E-state index in [1.807, 2.05) is 35.0 Å². The van der Waals surface area contributed by atoms with Crippen LogP contribution in [0.3, 0.4) is 0 Å². The van der Waals surface area contributed by atoms with Crippen molar-refractivity contribution in [2.24, 2.45) is 5.92 Å². The van der Waals surface area contributed by atoms with Crippen LogP contribution in [-0.4, -0.2) is 22.6 Å². The summed E-state index contributed by atoms with van der Waals surface area (Å²) in [5, 5.41) is 3.22. The van der Waals surface area contributed by atoms with Crippen molar-refractivity contribution in [3.63, 3.8) is 0 Å². The Morgan fingerprint density at radius 3 is 2.82 bits per heavy atom. The number of nitrogens with zero attached hydrogens (tertiary/aromatic N) is 2. The minimum atomic E-state index is -0.411. The van der Waals surface area contributed by atoms with E-state index in [1.54, 1.807) is 0 Å². The fraction of sp³-hybridized carbons (Fsp3) is 0.381. The van der Waals surface area contributed by atoms with Crippen molar-refractivity contribution in [2.45, 2.75) is 39.2 Å². The molecule has 4 rings (SSSR count). The topological polar surface area (TPSA) is 73.2 Å². The number of carbonyl (C=O) groups is 1. The second-order valence-corrected chi connectivity index (χ2v) is 8.60. The Balaban J connectivity index is 1.68. The molecule has 28 heavy (non-hydrogen) atoms. The van der Waals surface area contributed by atoms with E-state index in [1.165, 1.54) is 18.4 Å². The van der Waals surface area contributed by atoms with Crippen LogP contribution in [0.1, 0.15) is 48.5 Å². The lowest BCUT2D eigenvalue weighted by Crippen LogP contribution is -2.16. The summed E-state index contributed by atoms with van der Waals surface area (Å²) < 4.78 is 7.66. The number of aromatic nitrogens is 2. The zero-order valence-corrected chi connectivity index (χ0v) is 17.0.